The molecule has 0 unspecified atom stereocenters. The van der Waals surface area contributed by atoms with E-state index in [9.17, 15) is 0 Å². The molecule has 0 fully saturated rings. The fourth-order valence-electron chi connectivity index (χ4n) is 3.77. The summed E-state index contributed by atoms with van der Waals surface area (Å²) in [5, 5.41) is 0. The Bertz CT molecular complexity index is 1010. The molecule has 5 rings (SSSR count). The summed E-state index contributed by atoms with van der Waals surface area (Å²) in [5.41, 5.74) is 9.28. The van der Waals surface area contributed by atoms with Crippen molar-refractivity contribution in [2.24, 2.45) is 0 Å². The Balaban J connectivity index is 1.83. The zero-order chi connectivity index (χ0) is 15.9. The maximum absolute atomic E-state index is 2.41. The summed E-state index contributed by atoms with van der Waals surface area (Å²) in [4.78, 5) is 0. The van der Waals surface area contributed by atoms with Crippen LogP contribution in [-0.2, 0) is 6.42 Å². The molecular formula is C23H17N. The molecule has 0 atom stereocenters. The summed E-state index contributed by atoms with van der Waals surface area (Å²) < 4.78 is 2.41. The Labute approximate surface area is 141 Å². The Morgan fingerprint density at radius 2 is 1.29 bits per heavy atom. The molecule has 4 aromatic rings. The molecule has 0 amide bonds. The van der Waals surface area contributed by atoms with Crippen molar-refractivity contribution in [1.29, 1.82) is 0 Å². The lowest BCUT2D eigenvalue weighted by Gasteiger charge is -2.14. The minimum atomic E-state index is 1.02. The predicted octanol–water partition coefficient (Wildman–Crippen LogP) is 5.72. The zero-order valence-electron chi connectivity index (χ0n) is 13.3. The standard InChI is InChI=1S/C23H17N/c1-3-9-17(10-4-1)22-16-19-15-18-11-7-8-14-21(18)23(19)24(22)20-12-5-2-6-13-20/h1-14,16H,15H2. The van der Waals surface area contributed by atoms with Gasteiger partial charge in [0.2, 0.25) is 0 Å². The van der Waals surface area contributed by atoms with E-state index >= 15 is 0 Å². The van der Waals surface area contributed by atoms with E-state index in [4.69, 9.17) is 0 Å². The number of hydrogen-bond acceptors (Lipinski definition) is 0. The van der Waals surface area contributed by atoms with Gasteiger partial charge in [-0.05, 0) is 34.9 Å². The first-order valence-corrected chi connectivity index (χ1v) is 8.35. The van der Waals surface area contributed by atoms with Crippen LogP contribution < -0.4 is 0 Å². The number of nitrogens with zero attached hydrogens (tertiary/aromatic N) is 1. The van der Waals surface area contributed by atoms with E-state index in [1.807, 2.05) is 0 Å². The van der Waals surface area contributed by atoms with E-state index in [1.165, 1.54) is 39.3 Å². The van der Waals surface area contributed by atoms with Crippen molar-refractivity contribution in [1.82, 2.24) is 4.57 Å². The van der Waals surface area contributed by atoms with Gasteiger partial charge in [-0.2, -0.15) is 0 Å². The van der Waals surface area contributed by atoms with Crippen LogP contribution in [-0.4, -0.2) is 4.57 Å². The van der Waals surface area contributed by atoms with E-state index in [0.717, 1.165) is 6.42 Å². The van der Waals surface area contributed by atoms with Crippen LogP contribution in [0.25, 0.3) is 28.2 Å². The molecule has 0 radical (unpaired) electrons. The Morgan fingerprint density at radius 1 is 0.625 bits per heavy atom. The van der Waals surface area contributed by atoms with Crippen molar-refractivity contribution in [2.75, 3.05) is 0 Å². The lowest BCUT2D eigenvalue weighted by Crippen LogP contribution is -1.99. The van der Waals surface area contributed by atoms with Gasteiger partial charge in [0.25, 0.3) is 0 Å². The summed E-state index contributed by atoms with van der Waals surface area (Å²) in [7, 11) is 0. The van der Waals surface area contributed by atoms with Crippen LogP contribution in [0.4, 0.5) is 0 Å². The van der Waals surface area contributed by atoms with E-state index < -0.39 is 0 Å². The fourth-order valence-corrected chi connectivity index (χ4v) is 3.77. The fraction of sp³-hybridized carbons (Fsp3) is 0.0435. The van der Waals surface area contributed by atoms with Crippen LogP contribution in [0.5, 0.6) is 0 Å². The maximum atomic E-state index is 2.41. The monoisotopic (exact) mass is 307 g/mol. The highest BCUT2D eigenvalue weighted by Gasteiger charge is 2.25. The third-order valence-electron chi connectivity index (χ3n) is 4.82. The lowest BCUT2D eigenvalue weighted by molar-refractivity contribution is 1.10. The van der Waals surface area contributed by atoms with Gasteiger partial charge in [0.15, 0.2) is 0 Å². The minimum absolute atomic E-state index is 1.02. The number of benzene rings is 3. The Morgan fingerprint density at radius 3 is 2.08 bits per heavy atom. The molecule has 3 aromatic carbocycles. The SMILES string of the molecule is c1ccc(-c2cc3c(n2-c2ccccc2)-c2ccccc2C3)cc1. The number of aromatic nitrogens is 1. The summed E-state index contributed by atoms with van der Waals surface area (Å²) in [6, 6.07) is 32.5. The van der Waals surface area contributed by atoms with Gasteiger partial charge in [-0.25, -0.2) is 0 Å². The summed E-state index contributed by atoms with van der Waals surface area (Å²) in [6.07, 6.45) is 1.02. The molecule has 0 aliphatic heterocycles. The predicted molar refractivity (Wildman–Crippen MR) is 99.4 cm³/mol. The molecular weight excluding hydrogens is 290 g/mol. The van der Waals surface area contributed by atoms with Gasteiger partial charge in [0.05, 0.1) is 11.4 Å². The molecule has 0 N–H and O–H groups in total. The van der Waals surface area contributed by atoms with Crippen LogP contribution in [0.15, 0.2) is 91.0 Å². The van der Waals surface area contributed by atoms with Crippen molar-refractivity contribution in [2.45, 2.75) is 6.42 Å². The van der Waals surface area contributed by atoms with Crippen LogP contribution >= 0.6 is 0 Å². The largest absolute Gasteiger partial charge is 0.309 e. The maximum Gasteiger partial charge on any atom is 0.0573 e. The van der Waals surface area contributed by atoms with Crippen LogP contribution in [0.1, 0.15) is 11.1 Å². The number of para-hydroxylation sites is 1. The van der Waals surface area contributed by atoms with Crippen molar-refractivity contribution in [3.8, 4) is 28.2 Å². The summed E-state index contributed by atoms with van der Waals surface area (Å²) >= 11 is 0. The molecule has 0 bridgehead atoms. The average Bonchev–Trinajstić information content (AvgIpc) is 3.19. The molecule has 1 heteroatoms. The van der Waals surface area contributed by atoms with Gasteiger partial charge < -0.3 is 4.57 Å². The van der Waals surface area contributed by atoms with Gasteiger partial charge in [0.1, 0.15) is 0 Å². The van der Waals surface area contributed by atoms with E-state index in [2.05, 4.69) is 95.6 Å². The van der Waals surface area contributed by atoms with Crippen molar-refractivity contribution in [3.63, 3.8) is 0 Å². The number of fused-ring (bicyclic) bond motifs is 3. The summed E-state index contributed by atoms with van der Waals surface area (Å²) in [6.45, 7) is 0. The highest BCUT2D eigenvalue weighted by Crippen LogP contribution is 2.42. The molecule has 1 heterocycles. The van der Waals surface area contributed by atoms with Crippen molar-refractivity contribution >= 4 is 0 Å². The second kappa shape index (κ2) is 5.24. The zero-order valence-corrected chi connectivity index (χ0v) is 13.3. The van der Waals surface area contributed by atoms with Crippen molar-refractivity contribution < 1.29 is 0 Å². The highest BCUT2D eigenvalue weighted by molar-refractivity contribution is 5.82. The second-order valence-corrected chi connectivity index (χ2v) is 6.27. The normalized spacial score (nSPS) is 12.0. The van der Waals surface area contributed by atoms with Crippen molar-refractivity contribution in [3.05, 3.63) is 102 Å². The van der Waals surface area contributed by atoms with Crippen LogP contribution in [0.2, 0.25) is 0 Å². The molecule has 1 aliphatic rings. The molecule has 0 saturated heterocycles. The quantitative estimate of drug-likeness (QED) is 0.393. The van der Waals surface area contributed by atoms with Gasteiger partial charge in [-0.15, -0.1) is 0 Å². The Kier molecular flexibility index (Phi) is 2.92. The van der Waals surface area contributed by atoms with E-state index in [1.54, 1.807) is 0 Å². The first-order chi connectivity index (χ1) is 11.9. The number of hydrogen-bond donors (Lipinski definition) is 0. The highest BCUT2D eigenvalue weighted by atomic mass is 15.0. The smallest absolute Gasteiger partial charge is 0.0573 e. The van der Waals surface area contributed by atoms with Crippen LogP contribution in [0.3, 0.4) is 0 Å². The Hall–Kier alpha value is -3.06. The molecule has 1 aliphatic carbocycles. The molecule has 114 valence electrons. The van der Waals surface area contributed by atoms with Gasteiger partial charge in [-0.1, -0.05) is 72.8 Å². The minimum Gasteiger partial charge on any atom is -0.309 e. The van der Waals surface area contributed by atoms with E-state index in [0.29, 0.717) is 0 Å². The van der Waals surface area contributed by atoms with Gasteiger partial charge >= 0.3 is 0 Å². The topological polar surface area (TPSA) is 4.93 Å². The molecule has 24 heavy (non-hydrogen) atoms. The molecule has 1 aromatic heterocycles. The number of rotatable bonds is 2. The third-order valence-corrected chi connectivity index (χ3v) is 4.82. The van der Waals surface area contributed by atoms with Crippen LogP contribution in [0, 0.1) is 0 Å². The van der Waals surface area contributed by atoms with Gasteiger partial charge in [0, 0.05) is 17.7 Å². The van der Waals surface area contributed by atoms with E-state index in [-0.39, 0.29) is 0 Å². The average molecular weight is 307 g/mol. The summed E-state index contributed by atoms with van der Waals surface area (Å²) in [5.74, 6) is 0. The second-order valence-electron chi connectivity index (χ2n) is 6.27. The van der Waals surface area contributed by atoms with Gasteiger partial charge in [-0.3, -0.25) is 0 Å². The third kappa shape index (κ3) is 1.95. The first-order valence-electron chi connectivity index (χ1n) is 8.35. The lowest BCUT2D eigenvalue weighted by atomic mass is 10.1. The molecule has 1 nitrogen and oxygen atoms in total. The first kappa shape index (κ1) is 13.4. The molecule has 0 saturated carbocycles. The molecule has 0 spiro atoms.